The predicted octanol–water partition coefficient (Wildman–Crippen LogP) is 4.65. The highest BCUT2D eigenvalue weighted by Gasteiger charge is 2.57. The first-order chi connectivity index (χ1) is 10.1. The maximum atomic E-state index is 5.70. The summed E-state index contributed by atoms with van der Waals surface area (Å²) < 4.78 is 0. The van der Waals surface area contributed by atoms with Gasteiger partial charge in [0, 0.05) is 11.1 Å². The molecule has 0 aliphatic heterocycles. The zero-order valence-electron chi connectivity index (χ0n) is 13.7. The number of hydrogen-bond acceptors (Lipinski definition) is 2. The Balaban J connectivity index is 1.70. The SMILES string of the molecule is CC12CCCCC1=CCC1C2CCC2(C)C(=NN)CCC12. The third-order valence-corrected chi connectivity index (χ3v) is 7.91. The van der Waals surface area contributed by atoms with E-state index in [2.05, 4.69) is 25.0 Å². The van der Waals surface area contributed by atoms with Crippen molar-refractivity contribution in [3.63, 3.8) is 0 Å². The van der Waals surface area contributed by atoms with E-state index in [1.54, 1.807) is 0 Å². The van der Waals surface area contributed by atoms with Crippen LogP contribution in [0.2, 0.25) is 0 Å². The van der Waals surface area contributed by atoms with E-state index in [1.165, 1.54) is 57.1 Å². The molecule has 3 fully saturated rings. The average molecular weight is 286 g/mol. The highest BCUT2D eigenvalue weighted by molar-refractivity contribution is 5.92. The van der Waals surface area contributed by atoms with Crippen LogP contribution in [0.4, 0.5) is 0 Å². The molecule has 0 aromatic rings. The monoisotopic (exact) mass is 286 g/mol. The molecule has 0 radical (unpaired) electrons. The van der Waals surface area contributed by atoms with E-state index >= 15 is 0 Å². The molecule has 0 bridgehead atoms. The summed E-state index contributed by atoms with van der Waals surface area (Å²) in [5, 5.41) is 4.18. The summed E-state index contributed by atoms with van der Waals surface area (Å²) in [5.74, 6) is 8.34. The fourth-order valence-corrected chi connectivity index (χ4v) is 6.70. The quantitative estimate of drug-likeness (QED) is 0.393. The van der Waals surface area contributed by atoms with Crippen LogP contribution < -0.4 is 5.84 Å². The summed E-state index contributed by atoms with van der Waals surface area (Å²) in [4.78, 5) is 0. The van der Waals surface area contributed by atoms with Gasteiger partial charge in [0.15, 0.2) is 0 Å². The zero-order valence-corrected chi connectivity index (χ0v) is 13.7. The second kappa shape index (κ2) is 4.60. The smallest absolute Gasteiger partial charge is 0.0437 e. The predicted molar refractivity (Wildman–Crippen MR) is 87.9 cm³/mol. The van der Waals surface area contributed by atoms with Crippen LogP contribution >= 0.6 is 0 Å². The molecule has 0 amide bonds. The largest absolute Gasteiger partial charge is 0.323 e. The highest BCUT2D eigenvalue weighted by atomic mass is 15.1. The van der Waals surface area contributed by atoms with Crippen molar-refractivity contribution >= 4 is 5.71 Å². The molecule has 0 saturated heterocycles. The molecule has 5 unspecified atom stereocenters. The average Bonchev–Trinajstić information content (AvgIpc) is 2.83. The van der Waals surface area contributed by atoms with Gasteiger partial charge in [-0.3, -0.25) is 0 Å². The first kappa shape index (κ1) is 13.8. The van der Waals surface area contributed by atoms with E-state index in [4.69, 9.17) is 5.84 Å². The molecule has 0 aromatic heterocycles. The van der Waals surface area contributed by atoms with Gasteiger partial charge >= 0.3 is 0 Å². The molecule has 21 heavy (non-hydrogen) atoms. The van der Waals surface area contributed by atoms with E-state index in [0.29, 0.717) is 10.8 Å². The standard InChI is InChI=1S/C19H30N2/c1-18-11-4-3-5-13(18)6-7-14-15-8-9-17(21-20)19(15,2)12-10-16(14)18/h6,14-16H,3-5,7-12,20H2,1-2H3. The fourth-order valence-electron chi connectivity index (χ4n) is 6.70. The first-order valence-corrected chi connectivity index (χ1v) is 9.06. The van der Waals surface area contributed by atoms with Crippen LogP contribution in [-0.2, 0) is 0 Å². The molecule has 4 rings (SSSR count). The summed E-state index contributed by atoms with van der Waals surface area (Å²) in [7, 11) is 0. The molecule has 2 N–H and O–H groups in total. The van der Waals surface area contributed by atoms with Gasteiger partial charge in [-0.25, -0.2) is 0 Å². The second-order valence-electron chi connectivity index (χ2n) is 8.54. The van der Waals surface area contributed by atoms with Gasteiger partial charge in [0.05, 0.1) is 0 Å². The molecule has 0 aromatic carbocycles. The van der Waals surface area contributed by atoms with Crippen molar-refractivity contribution in [3.8, 4) is 0 Å². The van der Waals surface area contributed by atoms with Crippen LogP contribution in [0.25, 0.3) is 0 Å². The second-order valence-corrected chi connectivity index (χ2v) is 8.54. The Hall–Kier alpha value is -0.790. The molecular formula is C19H30N2. The molecule has 4 aliphatic rings. The number of hydrazone groups is 1. The number of hydrogen-bond donors (Lipinski definition) is 1. The topological polar surface area (TPSA) is 38.4 Å². The maximum absolute atomic E-state index is 5.70. The van der Waals surface area contributed by atoms with Gasteiger partial charge in [-0.1, -0.05) is 31.9 Å². The first-order valence-electron chi connectivity index (χ1n) is 9.06. The molecule has 0 heterocycles. The Morgan fingerprint density at radius 3 is 2.67 bits per heavy atom. The van der Waals surface area contributed by atoms with Gasteiger partial charge in [-0.2, -0.15) is 5.10 Å². The van der Waals surface area contributed by atoms with Gasteiger partial charge in [0.1, 0.15) is 0 Å². The fraction of sp³-hybridized carbons (Fsp3) is 0.842. The maximum Gasteiger partial charge on any atom is 0.0437 e. The summed E-state index contributed by atoms with van der Waals surface area (Å²) >= 11 is 0. The van der Waals surface area contributed by atoms with E-state index in [1.807, 2.05) is 5.57 Å². The number of nitrogens with zero attached hydrogens (tertiary/aromatic N) is 1. The normalized spacial score (nSPS) is 51.0. The highest BCUT2D eigenvalue weighted by Crippen LogP contribution is 2.64. The Labute approximate surface area is 129 Å². The lowest BCUT2D eigenvalue weighted by atomic mass is 9.48. The summed E-state index contributed by atoms with van der Waals surface area (Å²) in [6, 6.07) is 0. The van der Waals surface area contributed by atoms with Gasteiger partial charge in [-0.05, 0) is 74.5 Å². The van der Waals surface area contributed by atoms with E-state index in [9.17, 15) is 0 Å². The van der Waals surface area contributed by atoms with Gasteiger partial charge < -0.3 is 5.84 Å². The van der Waals surface area contributed by atoms with Crippen molar-refractivity contribution in [2.24, 2.45) is 39.5 Å². The molecule has 116 valence electrons. The third kappa shape index (κ3) is 1.74. The van der Waals surface area contributed by atoms with Crippen molar-refractivity contribution in [1.82, 2.24) is 0 Å². The molecule has 5 atom stereocenters. The van der Waals surface area contributed by atoms with E-state index in [-0.39, 0.29) is 0 Å². The Bertz CT molecular complexity index is 506. The molecular weight excluding hydrogens is 256 g/mol. The van der Waals surface area contributed by atoms with E-state index in [0.717, 1.165) is 24.2 Å². The minimum absolute atomic E-state index is 0.312. The number of nitrogens with two attached hydrogens (primary N) is 1. The van der Waals surface area contributed by atoms with E-state index < -0.39 is 0 Å². The Morgan fingerprint density at radius 1 is 1.05 bits per heavy atom. The van der Waals surface area contributed by atoms with Gasteiger partial charge in [-0.15, -0.1) is 0 Å². The van der Waals surface area contributed by atoms with Crippen molar-refractivity contribution in [2.45, 2.75) is 71.6 Å². The summed E-state index contributed by atoms with van der Waals surface area (Å²) in [6.45, 7) is 5.04. The lowest BCUT2D eigenvalue weighted by Gasteiger charge is -2.56. The molecule has 0 spiro atoms. The van der Waals surface area contributed by atoms with Crippen molar-refractivity contribution in [2.75, 3.05) is 0 Å². The van der Waals surface area contributed by atoms with Crippen LogP contribution in [0.1, 0.15) is 71.6 Å². The van der Waals surface area contributed by atoms with Crippen molar-refractivity contribution in [1.29, 1.82) is 0 Å². The van der Waals surface area contributed by atoms with Gasteiger partial charge in [0.25, 0.3) is 0 Å². The molecule has 2 heteroatoms. The lowest BCUT2D eigenvalue weighted by molar-refractivity contribution is -0.00620. The minimum Gasteiger partial charge on any atom is -0.323 e. The van der Waals surface area contributed by atoms with Crippen LogP contribution in [0, 0.1) is 28.6 Å². The number of fused-ring (bicyclic) bond motifs is 5. The van der Waals surface area contributed by atoms with Crippen molar-refractivity contribution < 1.29 is 0 Å². The molecule has 4 aliphatic carbocycles. The van der Waals surface area contributed by atoms with Crippen LogP contribution in [0.3, 0.4) is 0 Å². The lowest BCUT2D eigenvalue weighted by Crippen LogP contribution is -2.49. The Kier molecular flexibility index (Phi) is 3.03. The van der Waals surface area contributed by atoms with Crippen molar-refractivity contribution in [3.05, 3.63) is 11.6 Å². The summed E-state index contributed by atoms with van der Waals surface area (Å²) in [5.41, 5.74) is 3.95. The number of rotatable bonds is 0. The summed E-state index contributed by atoms with van der Waals surface area (Å²) in [6.07, 6.45) is 14.8. The zero-order chi connectivity index (χ0) is 14.7. The van der Waals surface area contributed by atoms with Gasteiger partial charge in [0.2, 0.25) is 0 Å². The third-order valence-electron chi connectivity index (χ3n) is 7.91. The van der Waals surface area contributed by atoms with Crippen LogP contribution in [0.5, 0.6) is 0 Å². The molecule has 2 nitrogen and oxygen atoms in total. The number of allylic oxidation sites excluding steroid dienone is 2. The van der Waals surface area contributed by atoms with Crippen LogP contribution in [-0.4, -0.2) is 5.71 Å². The molecule has 3 saturated carbocycles. The Morgan fingerprint density at radius 2 is 1.86 bits per heavy atom. The van der Waals surface area contributed by atoms with Crippen LogP contribution in [0.15, 0.2) is 16.8 Å². The minimum atomic E-state index is 0.312.